The van der Waals surface area contributed by atoms with Crippen molar-refractivity contribution in [2.75, 3.05) is 0 Å². The highest BCUT2D eigenvalue weighted by atomic mass is 19.2. The van der Waals surface area contributed by atoms with E-state index in [1.807, 2.05) is 24.3 Å². The largest absolute Gasteiger partial charge is 0.206 e. The van der Waals surface area contributed by atoms with Gasteiger partial charge in [-0.3, -0.25) is 0 Å². The third-order valence-electron chi connectivity index (χ3n) is 7.36. The van der Waals surface area contributed by atoms with Crippen LogP contribution in [0.5, 0.6) is 0 Å². The molecule has 0 bridgehead atoms. The van der Waals surface area contributed by atoms with E-state index in [0.29, 0.717) is 11.1 Å². The molecule has 0 N–H and O–H groups in total. The third-order valence-corrected chi connectivity index (χ3v) is 7.36. The zero-order valence-electron chi connectivity index (χ0n) is 20.8. The number of rotatable bonds is 9. The van der Waals surface area contributed by atoms with Crippen LogP contribution < -0.4 is 0 Å². The second-order valence-electron chi connectivity index (χ2n) is 9.90. The van der Waals surface area contributed by atoms with Crippen molar-refractivity contribution in [1.29, 1.82) is 0 Å². The maximum absolute atomic E-state index is 15.1. The fourth-order valence-corrected chi connectivity index (χ4v) is 5.10. The van der Waals surface area contributed by atoms with Crippen molar-refractivity contribution in [3.05, 3.63) is 89.3 Å². The Balaban J connectivity index is 1.42. The lowest BCUT2D eigenvalue weighted by Gasteiger charge is -2.22. The Kier molecular flexibility index (Phi) is 8.49. The van der Waals surface area contributed by atoms with Gasteiger partial charge in [0.05, 0.1) is 0 Å². The van der Waals surface area contributed by atoms with Gasteiger partial charge in [-0.25, -0.2) is 13.2 Å². The molecule has 4 rings (SSSR count). The van der Waals surface area contributed by atoms with Gasteiger partial charge in [0.15, 0.2) is 11.6 Å². The maximum atomic E-state index is 15.1. The van der Waals surface area contributed by atoms with Gasteiger partial charge in [0.2, 0.25) is 0 Å². The molecule has 1 aliphatic carbocycles. The van der Waals surface area contributed by atoms with Crippen LogP contribution in [0.3, 0.4) is 0 Å². The smallest absolute Gasteiger partial charge is 0.166 e. The first-order valence-electron chi connectivity index (χ1n) is 13.0. The zero-order valence-corrected chi connectivity index (χ0v) is 20.8. The molecule has 35 heavy (non-hydrogen) atoms. The normalized spacial score (nSPS) is 15.8. The molecule has 0 amide bonds. The van der Waals surface area contributed by atoms with Crippen molar-refractivity contribution in [2.45, 2.75) is 71.6 Å². The van der Waals surface area contributed by atoms with Gasteiger partial charge in [-0.15, -0.1) is 0 Å². The summed E-state index contributed by atoms with van der Waals surface area (Å²) in [5.41, 5.74) is 4.53. The van der Waals surface area contributed by atoms with Crippen molar-refractivity contribution >= 4 is 5.57 Å². The van der Waals surface area contributed by atoms with Crippen molar-refractivity contribution in [2.24, 2.45) is 5.92 Å². The summed E-state index contributed by atoms with van der Waals surface area (Å²) in [6.45, 7) is 3.79. The Morgan fingerprint density at radius 2 is 1.43 bits per heavy atom. The average molecular weight is 477 g/mol. The lowest BCUT2D eigenvalue weighted by molar-refractivity contribution is 0.423. The molecule has 0 spiro atoms. The first-order valence-corrected chi connectivity index (χ1v) is 13.0. The highest BCUT2D eigenvalue weighted by Gasteiger charge is 2.18. The molecule has 0 aromatic heterocycles. The zero-order chi connectivity index (χ0) is 24.8. The molecule has 184 valence electrons. The first kappa shape index (κ1) is 25.3. The van der Waals surface area contributed by atoms with Crippen LogP contribution in [0.4, 0.5) is 13.2 Å². The van der Waals surface area contributed by atoms with Gasteiger partial charge in [-0.1, -0.05) is 100 Å². The predicted molar refractivity (Wildman–Crippen MR) is 141 cm³/mol. The maximum Gasteiger partial charge on any atom is 0.166 e. The Hall–Kier alpha value is -2.81. The average Bonchev–Trinajstić information content (AvgIpc) is 2.88. The number of halogens is 3. The van der Waals surface area contributed by atoms with Gasteiger partial charge in [0, 0.05) is 11.1 Å². The Morgan fingerprint density at radius 3 is 2.11 bits per heavy atom. The highest BCUT2D eigenvalue weighted by Crippen LogP contribution is 2.35. The fraction of sp³-hybridized carbons (Fsp3) is 0.375. The minimum Gasteiger partial charge on any atom is -0.206 e. The molecule has 3 heteroatoms. The number of hydrogen-bond acceptors (Lipinski definition) is 0. The molecule has 1 atom stereocenters. The van der Waals surface area contributed by atoms with Gasteiger partial charge in [-0.05, 0) is 66.0 Å². The molecular weight excluding hydrogens is 441 g/mol. The summed E-state index contributed by atoms with van der Waals surface area (Å²) in [6, 6.07) is 15.7. The van der Waals surface area contributed by atoms with Crippen LogP contribution in [0, 0.1) is 30.3 Å². The monoisotopic (exact) mass is 476 g/mol. The fourth-order valence-electron chi connectivity index (χ4n) is 5.10. The van der Waals surface area contributed by atoms with E-state index in [4.69, 9.17) is 0 Å². The van der Waals surface area contributed by atoms with Crippen molar-refractivity contribution < 1.29 is 13.2 Å². The molecule has 1 aliphatic rings. The summed E-state index contributed by atoms with van der Waals surface area (Å²) in [5, 5.41) is 0. The number of aryl methyl sites for hydroxylation is 1. The van der Waals surface area contributed by atoms with E-state index >= 15 is 4.39 Å². The molecular formula is C32H35F3. The lowest BCUT2D eigenvalue weighted by atomic mass is 9.83. The minimum absolute atomic E-state index is 0.206. The molecule has 1 unspecified atom stereocenters. The summed E-state index contributed by atoms with van der Waals surface area (Å²) < 4.78 is 43.4. The third kappa shape index (κ3) is 6.07. The topological polar surface area (TPSA) is 0 Å². The first-order chi connectivity index (χ1) is 17.0. The van der Waals surface area contributed by atoms with Crippen LogP contribution in [-0.4, -0.2) is 0 Å². The SMILES string of the molecule is CCCCCCCC1CC=C(c2ccc(-c3ccc(-c4ccc(C)c(F)c4F)cc3)cc2F)CC1. The van der Waals surface area contributed by atoms with Crippen LogP contribution in [0.25, 0.3) is 27.8 Å². The quantitative estimate of drug-likeness (QED) is 0.269. The van der Waals surface area contributed by atoms with Gasteiger partial charge in [0.25, 0.3) is 0 Å². The minimum atomic E-state index is -0.840. The van der Waals surface area contributed by atoms with Crippen LogP contribution in [0.15, 0.2) is 60.7 Å². The Morgan fingerprint density at radius 1 is 0.743 bits per heavy atom. The number of benzene rings is 3. The van der Waals surface area contributed by atoms with Crippen LogP contribution in [0.1, 0.15) is 75.8 Å². The second-order valence-corrected chi connectivity index (χ2v) is 9.90. The van der Waals surface area contributed by atoms with Gasteiger partial charge in [0.1, 0.15) is 5.82 Å². The van der Waals surface area contributed by atoms with Gasteiger partial charge < -0.3 is 0 Å². The van der Waals surface area contributed by atoms with Crippen LogP contribution >= 0.6 is 0 Å². The molecule has 0 saturated heterocycles. The van der Waals surface area contributed by atoms with E-state index in [2.05, 4.69) is 13.0 Å². The molecule has 0 radical (unpaired) electrons. The molecule has 0 fully saturated rings. The lowest BCUT2D eigenvalue weighted by Crippen LogP contribution is -2.06. The van der Waals surface area contributed by atoms with E-state index in [1.165, 1.54) is 38.5 Å². The molecule has 3 aromatic carbocycles. The van der Waals surface area contributed by atoms with Crippen molar-refractivity contribution in [1.82, 2.24) is 0 Å². The standard InChI is InChI=1S/C32H35F3/c1-3-4-5-6-7-8-23-10-12-25(13-11-23)28-20-18-27(21-30(28)33)24-14-16-26(17-15-24)29-19-9-22(2)31(34)32(29)35/h9,12,14-21,23H,3-8,10-11,13H2,1-2H3. The second kappa shape index (κ2) is 11.7. The summed E-state index contributed by atoms with van der Waals surface area (Å²) in [6.07, 6.45) is 13.2. The highest BCUT2D eigenvalue weighted by molar-refractivity contribution is 5.74. The summed E-state index contributed by atoms with van der Waals surface area (Å²) in [5.74, 6) is -1.14. The van der Waals surface area contributed by atoms with E-state index in [-0.39, 0.29) is 16.9 Å². The summed E-state index contributed by atoms with van der Waals surface area (Å²) in [4.78, 5) is 0. The number of allylic oxidation sites excluding steroid dienone is 2. The molecule has 0 saturated carbocycles. The molecule has 0 aliphatic heterocycles. The summed E-state index contributed by atoms with van der Waals surface area (Å²) in [7, 11) is 0. The number of unbranched alkanes of at least 4 members (excludes halogenated alkanes) is 4. The van der Waals surface area contributed by atoms with E-state index < -0.39 is 11.6 Å². The molecule has 0 nitrogen and oxygen atoms in total. The van der Waals surface area contributed by atoms with Crippen LogP contribution in [-0.2, 0) is 0 Å². The van der Waals surface area contributed by atoms with E-state index in [9.17, 15) is 8.78 Å². The Labute approximate surface area is 207 Å². The number of hydrogen-bond donors (Lipinski definition) is 0. The summed E-state index contributed by atoms with van der Waals surface area (Å²) >= 11 is 0. The van der Waals surface area contributed by atoms with Gasteiger partial charge >= 0.3 is 0 Å². The molecule has 0 heterocycles. The van der Waals surface area contributed by atoms with Crippen molar-refractivity contribution in [3.8, 4) is 22.3 Å². The van der Waals surface area contributed by atoms with Crippen molar-refractivity contribution in [3.63, 3.8) is 0 Å². The predicted octanol–water partition coefficient (Wildman–Crippen LogP) is 10.3. The Bertz CT molecular complexity index is 1170. The van der Waals surface area contributed by atoms with E-state index in [0.717, 1.165) is 41.9 Å². The van der Waals surface area contributed by atoms with Crippen LogP contribution in [0.2, 0.25) is 0 Å². The molecule has 3 aromatic rings. The van der Waals surface area contributed by atoms with Gasteiger partial charge in [-0.2, -0.15) is 0 Å². The van der Waals surface area contributed by atoms with E-state index in [1.54, 1.807) is 37.3 Å².